The van der Waals surface area contributed by atoms with E-state index in [1.54, 1.807) is 36.5 Å². The van der Waals surface area contributed by atoms with Crippen LogP contribution in [0.2, 0.25) is 0 Å². The summed E-state index contributed by atoms with van der Waals surface area (Å²) in [4.78, 5) is 11.1. The lowest BCUT2D eigenvalue weighted by molar-refractivity contribution is -0.132. The summed E-state index contributed by atoms with van der Waals surface area (Å²) in [6.45, 7) is 8.04. The van der Waals surface area contributed by atoms with Gasteiger partial charge in [-0.05, 0) is 45.3 Å². The van der Waals surface area contributed by atoms with E-state index in [2.05, 4.69) is 0 Å². The highest BCUT2D eigenvalue weighted by Crippen LogP contribution is 2.38. The van der Waals surface area contributed by atoms with Gasteiger partial charge in [0.05, 0.1) is 16.8 Å². The van der Waals surface area contributed by atoms with Crippen LogP contribution in [0.5, 0.6) is 0 Å². The van der Waals surface area contributed by atoms with Crippen LogP contribution in [0.1, 0.15) is 27.7 Å². The average molecular weight is 326 g/mol. The zero-order valence-corrected chi connectivity index (χ0v) is 14.5. The number of rotatable bonds is 2. The summed E-state index contributed by atoms with van der Waals surface area (Å²) in [5, 5.41) is 9.14. The molecule has 0 amide bonds. The summed E-state index contributed by atoms with van der Waals surface area (Å²) in [6.07, 6.45) is 17.6. The molecular weight excluding hydrogens is 303 g/mol. The quantitative estimate of drug-likeness (QED) is 0.785. The molecule has 0 aromatic heterocycles. The second-order valence-electron chi connectivity index (χ2n) is 6.67. The molecule has 1 aliphatic heterocycles. The number of carboxylic acid groups (broad SMARTS) is 1. The largest absolute Gasteiger partial charge is 0.494 e. The van der Waals surface area contributed by atoms with Crippen LogP contribution in [0, 0.1) is 0 Å². The fraction of sp³-hybridized carbons (Fsp3) is 0.316. The second kappa shape index (κ2) is 7.20. The molecule has 0 saturated carbocycles. The zero-order chi connectivity index (χ0) is 17.8. The highest BCUT2D eigenvalue weighted by atomic mass is 16.7. The molecule has 1 aliphatic carbocycles. The fourth-order valence-electron chi connectivity index (χ4n) is 2.17. The van der Waals surface area contributed by atoms with Crippen LogP contribution in [-0.4, -0.2) is 29.4 Å². The predicted octanol–water partition coefficient (Wildman–Crippen LogP) is 3.79. The van der Waals surface area contributed by atoms with Crippen molar-refractivity contribution in [3.63, 3.8) is 0 Å². The lowest BCUT2D eigenvalue weighted by Gasteiger charge is -2.32. The van der Waals surface area contributed by atoms with E-state index < -0.39 is 24.3 Å². The van der Waals surface area contributed by atoms with E-state index in [9.17, 15) is 4.79 Å². The number of hydrogen-bond donors (Lipinski definition) is 1. The Kier molecular flexibility index (Phi) is 5.47. The summed E-state index contributed by atoms with van der Waals surface area (Å²) in [7, 11) is -0.467. The van der Waals surface area contributed by atoms with E-state index in [0.717, 1.165) is 5.47 Å². The molecule has 1 fully saturated rings. The number of carbonyl (C=O) groups is 1. The topological polar surface area (TPSA) is 55.8 Å². The van der Waals surface area contributed by atoms with E-state index in [4.69, 9.17) is 14.4 Å². The molecule has 1 N–H and O–H groups in total. The van der Waals surface area contributed by atoms with Gasteiger partial charge >= 0.3 is 13.1 Å². The molecule has 0 atom stereocenters. The van der Waals surface area contributed by atoms with Gasteiger partial charge in [0.2, 0.25) is 0 Å². The summed E-state index contributed by atoms with van der Waals surface area (Å²) in [6, 6.07) is 0. The van der Waals surface area contributed by atoms with Crippen molar-refractivity contribution in [3.05, 3.63) is 71.8 Å². The Balaban J connectivity index is 2.27. The maximum Gasteiger partial charge on any atom is 0.494 e. The Morgan fingerprint density at radius 3 is 2.00 bits per heavy atom. The first kappa shape index (κ1) is 18.2. The van der Waals surface area contributed by atoms with Crippen LogP contribution >= 0.6 is 0 Å². The Morgan fingerprint density at radius 1 is 0.875 bits per heavy atom. The van der Waals surface area contributed by atoms with Gasteiger partial charge in [0.25, 0.3) is 0 Å². The van der Waals surface area contributed by atoms with Crippen molar-refractivity contribution in [2.24, 2.45) is 0 Å². The predicted molar refractivity (Wildman–Crippen MR) is 96.4 cm³/mol. The Labute approximate surface area is 143 Å². The van der Waals surface area contributed by atoms with E-state index in [-0.39, 0.29) is 5.57 Å². The summed E-state index contributed by atoms with van der Waals surface area (Å²) < 4.78 is 12.1. The molecule has 126 valence electrons. The third kappa shape index (κ3) is 4.25. The molecule has 0 aromatic carbocycles. The molecule has 2 rings (SSSR count). The van der Waals surface area contributed by atoms with Crippen molar-refractivity contribution in [1.82, 2.24) is 0 Å². The molecule has 4 nitrogen and oxygen atoms in total. The first-order valence-electron chi connectivity index (χ1n) is 7.92. The van der Waals surface area contributed by atoms with Crippen LogP contribution in [0.3, 0.4) is 0 Å². The number of carboxylic acids is 1. The van der Waals surface area contributed by atoms with Gasteiger partial charge < -0.3 is 14.4 Å². The molecule has 0 unspecified atom stereocenters. The van der Waals surface area contributed by atoms with Crippen molar-refractivity contribution < 1.29 is 19.2 Å². The van der Waals surface area contributed by atoms with E-state index in [1.807, 2.05) is 52.0 Å². The smallest absolute Gasteiger partial charge is 0.478 e. The highest BCUT2D eigenvalue weighted by Gasteiger charge is 2.51. The normalized spacial score (nSPS) is 28.8. The van der Waals surface area contributed by atoms with Gasteiger partial charge in [-0.15, -0.1) is 0 Å². The fourth-order valence-corrected chi connectivity index (χ4v) is 2.17. The molecule has 0 spiro atoms. The highest BCUT2D eigenvalue weighted by molar-refractivity contribution is 6.55. The molecule has 0 aromatic rings. The van der Waals surface area contributed by atoms with Crippen molar-refractivity contribution >= 4 is 13.1 Å². The lowest BCUT2D eigenvalue weighted by atomic mass is 9.77. The van der Waals surface area contributed by atoms with Crippen molar-refractivity contribution in [2.45, 2.75) is 38.9 Å². The van der Waals surface area contributed by atoms with Gasteiger partial charge in [-0.3, -0.25) is 0 Å². The zero-order valence-electron chi connectivity index (χ0n) is 14.5. The van der Waals surface area contributed by atoms with Gasteiger partial charge in [0.15, 0.2) is 0 Å². The van der Waals surface area contributed by atoms with Gasteiger partial charge in [-0.1, -0.05) is 48.6 Å². The standard InChI is InChI=1S/C19H23BO4/c1-18(2)19(3,4)24-20(23-18)16-13-8-6-5-7-11-15(17(21)22)12-9-10-14-16/h5-14H,1-4H3,(H,21,22)/b6-5?,7-5-,8-6-,10-9?,11-7?,12-9-,13-8?,14-10?,15-11+,15-12?,16-13?,16-14?. The molecule has 24 heavy (non-hydrogen) atoms. The van der Waals surface area contributed by atoms with Gasteiger partial charge in [0.1, 0.15) is 0 Å². The van der Waals surface area contributed by atoms with Crippen LogP contribution in [-0.2, 0) is 14.1 Å². The van der Waals surface area contributed by atoms with Gasteiger partial charge in [-0.2, -0.15) is 0 Å². The van der Waals surface area contributed by atoms with E-state index in [0.29, 0.717) is 0 Å². The number of hydrogen-bond acceptors (Lipinski definition) is 3. The molecular formula is C19H23BO4. The van der Waals surface area contributed by atoms with E-state index in [1.165, 1.54) is 0 Å². The minimum absolute atomic E-state index is 0.214. The maximum absolute atomic E-state index is 11.1. The van der Waals surface area contributed by atoms with Gasteiger partial charge in [-0.25, -0.2) is 4.79 Å². The van der Waals surface area contributed by atoms with Crippen LogP contribution in [0.25, 0.3) is 0 Å². The third-order valence-electron chi connectivity index (χ3n) is 4.35. The summed E-state index contributed by atoms with van der Waals surface area (Å²) >= 11 is 0. The van der Waals surface area contributed by atoms with Crippen molar-refractivity contribution in [3.8, 4) is 0 Å². The first-order chi connectivity index (χ1) is 11.2. The molecule has 2 aliphatic rings. The minimum Gasteiger partial charge on any atom is -0.478 e. The Bertz CT molecular complexity index is 659. The molecule has 0 bridgehead atoms. The average Bonchev–Trinajstić information content (AvgIpc) is 2.67. The number of allylic oxidation sites excluding steroid dienone is 10. The summed E-state index contributed by atoms with van der Waals surface area (Å²) in [5.41, 5.74) is 0.263. The Hall–Kier alpha value is -2.11. The van der Waals surface area contributed by atoms with Crippen molar-refractivity contribution in [1.29, 1.82) is 0 Å². The number of aliphatic carboxylic acids is 1. The maximum atomic E-state index is 11.1. The molecule has 5 heteroatoms. The molecule has 1 heterocycles. The third-order valence-corrected chi connectivity index (χ3v) is 4.35. The summed E-state index contributed by atoms with van der Waals surface area (Å²) in [5.74, 6) is -0.966. The van der Waals surface area contributed by atoms with Crippen molar-refractivity contribution in [2.75, 3.05) is 0 Å². The minimum atomic E-state index is -0.966. The van der Waals surface area contributed by atoms with E-state index >= 15 is 0 Å². The van der Waals surface area contributed by atoms with Crippen LogP contribution in [0.4, 0.5) is 0 Å². The van der Waals surface area contributed by atoms with Crippen LogP contribution in [0.15, 0.2) is 71.8 Å². The van der Waals surface area contributed by atoms with Gasteiger partial charge in [0, 0.05) is 0 Å². The van der Waals surface area contributed by atoms with Crippen LogP contribution < -0.4 is 0 Å². The molecule has 0 radical (unpaired) electrons. The second-order valence-corrected chi connectivity index (χ2v) is 6.67. The molecule has 1 saturated heterocycles. The first-order valence-corrected chi connectivity index (χ1v) is 7.92. The SMILES string of the molecule is CC1(C)OB(C2=C\C=C/C=C\C=C(C(=O)O)/C=C\C=C2)OC1(C)C. The monoisotopic (exact) mass is 326 g/mol. The lowest BCUT2D eigenvalue weighted by Crippen LogP contribution is -2.41. The Morgan fingerprint density at radius 2 is 1.42 bits per heavy atom.